The summed E-state index contributed by atoms with van der Waals surface area (Å²) in [5, 5.41) is 7.20. The van der Waals surface area contributed by atoms with Crippen LogP contribution in [0.3, 0.4) is 0 Å². The number of nitrogens with zero attached hydrogens (tertiary/aromatic N) is 1. The third-order valence-corrected chi connectivity index (χ3v) is 7.62. The molecular weight excluding hydrogens is 673 g/mol. The van der Waals surface area contributed by atoms with Gasteiger partial charge < -0.3 is 14.4 Å². The van der Waals surface area contributed by atoms with Gasteiger partial charge in [0.2, 0.25) is 11.2 Å². The van der Waals surface area contributed by atoms with Crippen molar-refractivity contribution < 1.29 is 63.7 Å². The number of pyridine rings is 1. The van der Waals surface area contributed by atoms with Crippen LogP contribution in [0.4, 0.5) is 39.5 Å². The minimum atomic E-state index is -2.41. The molecule has 0 unspecified atom stereocenters. The molecule has 1 aliphatic carbocycles. The van der Waals surface area contributed by atoms with Crippen LogP contribution in [-0.4, -0.2) is 34.0 Å². The van der Waals surface area contributed by atoms with E-state index in [4.69, 9.17) is 9.84 Å². The zero-order valence-corrected chi connectivity index (χ0v) is 24.4. The number of esters is 1. The van der Waals surface area contributed by atoms with Gasteiger partial charge in [0.15, 0.2) is 52.3 Å². The largest absolute Gasteiger partial charge is 0.481 e. The molecule has 0 radical (unpaired) electrons. The van der Waals surface area contributed by atoms with Crippen LogP contribution in [0.1, 0.15) is 52.9 Å². The number of benzene rings is 3. The number of carbonyl (C=O) groups excluding carboxylic acids is 2. The summed E-state index contributed by atoms with van der Waals surface area (Å²) in [5.41, 5.74) is -4.21. The molecule has 7 nitrogen and oxygen atoms in total. The van der Waals surface area contributed by atoms with Crippen molar-refractivity contribution in [3.8, 4) is 0 Å². The number of fused-ring (bicyclic) bond motifs is 1. The third-order valence-electron chi connectivity index (χ3n) is 6.52. The Bertz CT molecular complexity index is 1970. The molecule has 248 valence electrons. The highest BCUT2D eigenvalue weighted by molar-refractivity contribution is 7.99. The molecule has 0 spiro atoms. The van der Waals surface area contributed by atoms with Gasteiger partial charge in [0.1, 0.15) is 12.0 Å². The summed E-state index contributed by atoms with van der Waals surface area (Å²) in [6.45, 7) is 1.46. The number of rotatable bonds is 8. The van der Waals surface area contributed by atoms with E-state index in [1.165, 1.54) is 11.5 Å². The summed E-state index contributed by atoms with van der Waals surface area (Å²) in [6.07, 6.45) is -0.288. The van der Waals surface area contributed by atoms with Crippen LogP contribution in [0.25, 0.3) is 10.9 Å². The van der Waals surface area contributed by atoms with Crippen LogP contribution in [0.5, 0.6) is 0 Å². The zero-order chi connectivity index (χ0) is 34.9. The predicted octanol–water partition coefficient (Wildman–Crippen LogP) is 7.26. The molecule has 0 aliphatic heterocycles. The van der Waals surface area contributed by atoms with Gasteiger partial charge in [-0.1, -0.05) is 30.0 Å². The molecule has 1 aliphatic rings. The fraction of sp³-hybridized carbons (Fsp3) is 0.200. The Labute approximate surface area is 261 Å². The van der Waals surface area contributed by atoms with Gasteiger partial charge in [0, 0.05) is 10.9 Å². The molecule has 1 fully saturated rings. The van der Waals surface area contributed by atoms with Crippen LogP contribution < -0.4 is 5.43 Å². The van der Waals surface area contributed by atoms with E-state index in [2.05, 4.69) is 0 Å². The van der Waals surface area contributed by atoms with Crippen molar-refractivity contribution in [3.05, 3.63) is 104 Å². The van der Waals surface area contributed by atoms with Crippen LogP contribution in [0.2, 0.25) is 0 Å². The van der Waals surface area contributed by atoms with Crippen molar-refractivity contribution in [3.63, 3.8) is 0 Å². The number of aliphatic carboxylic acids is 1. The maximum atomic E-state index is 14.8. The van der Waals surface area contributed by atoms with E-state index in [1.807, 2.05) is 0 Å². The van der Waals surface area contributed by atoms with Crippen LogP contribution in [0.15, 0.2) is 45.0 Å². The monoisotopic (exact) mass is 691 g/mol. The van der Waals surface area contributed by atoms with E-state index in [1.54, 1.807) is 30.3 Å². The smallest absolute Gasteiger partial charge is 0.344 e. The predicted molar refractivity (Wildman–Crippen MR) is 146 cm³/mol. The van der Waals surface area contributed by atoms with Gasteiger partial charge in [0.25, 0.3) is 0 Å². The van der Waals surface area contributed by atoms with E-state index in [0.717, 1.165) is 11.8 Å². The Kier molecular flexibility index (Phi) is 10.4. The first-order chi connectivity index (χ1) is 22.1. The fourth-order valence-electron chi connectivity index (χ4n) is 4.34. The zero-order valence-electron chi connectivity index (χ0n) is 23.5. The van der Waals surface area contributed by atoms with E-state index >= 15 is 0 Å². The molecule has 1 saturated carbocycles. The molecule has 47 heavy (non-hydrogen) atoms. The summed E-state index contributed by atoms with van der Waals surface area (Å²) in [7, 11) is 0. The number of Topliss-reactive ketones (excluding diaryl/α,β-unsaturated/α-hetero) is 1. The summed E-state index contributed by atoms with van der Waals surface area (Å²) >= 11 is 0.974. The van der Waals surface area contributed by atoms with Gasteiger partial charge in [-0.3, -0.25) is 14.4 Å². The standard InChI is InChI=1S/C21H15F4NO3S.C9H3F5O3/c1-2-29-21(28)13-19(27)12-14(22)15(23)16(24)17(25)18(12)26(10-8-9-10)20(13)30-11-6-4-3-5-7-11;10-5-4(2(15)1-3(16)17)6(11)8(13)9(14)7(5)12/h3-7,10H,2,8-9H2,1H3;1H2,(H,16,17). The highest BCUT2D eigenvalue weighted by Gasteiger charge is 2.37. The number of carbonyl (C=O) groups is 3. The molecule has 0 atom stereocenters. The Balaban J connectivity index is 0.000000251. The quantitative estimate of drug-likeness (QED) is 0.0519. The van der Waals surface area contributed by atoms with Crippen molar-refractivity contribution in [2.45, 2.75) is 42.1 Å². The van der Waals surface area contributed by atoms with Crippen molar-refractivity contribution in [2.24, 2.45) is 0 Å². The van der Waals surface area contributed by atoms with E-state index < -0.39 is 110 Å². The number of aromatic nitrogens is 1. The Morgan fingerprint density at radius 2 is 1.30 bits per heavy atom. The minimum Gasteiger partial charge on any atom is -0.481 e. The Morgan fingerprint density at radius 1 is 0.787 bits per heavy atom. The second kappa shape index (κ2) is 13.9. The molecule has 3 aromatic carbocycles. The van der Waals surface area contributed by atoms with Gasteiger partial charge in [-0.2, -0.15) is 0 Å². The van der Waals surface area contributed by atoms with E-state index in [9.17, 15) is 58.7 Å². The number of hydrogen-bond acceptors (Lipinski definition) is 6. The average molecular weight is 692 g/mol. The molecule has 1 aromatic heterocycles. The van der Waals surface area contributed by atoms with Crippen molar-refractivity contribution in [2.75, 3.05) is 6.61 Å². The molecular formula is C30H18F9NO6S. The number of ether oxygens (including phenoxy) is 1. The van der Waals surface area contributed by atoms with Crippen molar-refractivity contribution in [1.82, 2.24) is 4.57 Å². The van der Waals surface area contributed by atoms with E-state index in [-0.39, 0.29) is 11.6 Å². The molecule has 4 aromatic rings. The summed E-state index contributed by atoms with van der Waals surface area (Å²) in [4.78, 5) is 47.4. The fourth-order valence-corrected chi connectivity index (χ4v) is 5.47. The number of halogens is 9. The maximum Gasteiger partial charge on any atom is 0.344 e. The van der Waals surface area contributed by atoms with Crippen LogP contribution in [-0.2, 0) is 9.53 Å². The molecule has 5 rings (SSSR count). The maximum absolute atomic E-state index is 14.8. The SMILES string of the molecule is CCOC(=O)c1c(Sc2ccccc2)n(C2CC2)c2c(F)c(F)c(F)c(F)c2c1=O.O=C(O)CC(=O)c1c(F)c(F)c(F)c(F)c1F. The summed E-state index contributed by atoms with van der Waals surface area (Å²) < 4.78 is 127. The molecule has 1 heterocycles. The Morgan fingerprint density at radius 3 is 1.81 bits per heavy atom. The highest BCUT2D eigenvalue weighted by Crippen LogP contribution is 2.44. The molecule has 1 N–H and O–H groups in total. The molecule has 0 amide bonds. The number of ketones is 1. The van der Waals surface area contributed by atoms with Gasteiger partial charge in [-0.15, -0.1) is 0 Å². The topological polar surface area (TPSA) is 103 Å². The lowest BCUT2D eigenvalue weighted by molar-refractivity contribution is -0.135. The van der Waals surface area contributed by atoms with Gasteiger partial charge in [0.05, 0.1) is 28.1 Å². The number of hydrogen-bond donors (Lipinski definition) is 1. The third kappa shape index (κ3) is 6.70. The second-order valence-electron chi connectivity index (χ2n) is 9.66. The van der Waals surface area contributed by atoms with Crippen molar-refractivity contribution in [1.29, 1.82) is 0 Å². The van der Waals surface area contributed by atoms with Gasteiger partial charge in [-0.05, 0) is 31.9 Å². The highest BCUT2D eigenvalue weighted by atomic mass is 32.2. The molecule has 0 saturated heterocycles. The Hall–Kier alpha value is -4.80. The number of carboxylic acids is 1. The normalized spacial score (nSPS) is 12.5. The lowest BCUT2D eigenvalue weighted by atomic mass is 10.1. The first kappa shape index (κ1) is 35.1. The van der Waals surface area contributed by atoms with Gasteiger partial charge >= 0.3 is 11.9 Å². The van der Waals surface area contributed by atoms with Crippen LogP contribution >= 0.6 is 11.8 Å². The number of carboxylic acid groups (broad SMARTS) is 1. The lowest BCUT2D eigenvalue weighted by Gasteiger charge is -2.20. The minimum absolute atomic E-state index is 0.00366. The van der Waals surface area contributed by atoms with Gasteiger partial charge in [-0.25, -0.2) is 44.3 Å². The van der Waals surface area contributed by atoms with Crippen molar-refractivity contribution >= 4 is 40.4 Å². The molecule has 0 bridgehead atoms. The second-order valence-corrected chi connectivity index (χ2v) is 10.7. The average Bonchev–Trinajstić information content (AvgIpc) is 3.86. The summed E-state index contributed by atoms with van der Waals surface area (Å²) in [5.74, 6) is -23.8. The first-order valence-electron chi connectivity index (χ1n) is 13.2. The first-order valence-corrected chi connectivity index (χ1v) is 14.1. The summed E-state index contributed by atoms with van der Waals surface area (Å²) in [6, 6.07) is 8.22. The van der Waals surface area contributed by atoms with E-state index in [0.29, 0.717) is 17.7 Å². The lowest BCUT2D eigenvalue weighted by Crippen LogP contribution is -2.25. The molecule has 17 heteroatoms. The van der Waals surface area contributed by atoms with Crippen LogP contribution in [0, 0.1) is 52.4 Å².